The molecule has 1 nitrogen and oxygen atoms in total. The SMILES string of the molecule is Cc1cnc(Br)c(CBr)c1C(F)F. The summed E-state index contributed by atoms with van der Waals surface area (Å²) in [7, 11) is 0. The molecule has 1 rings (SSSR count). The first-order chi connectivity index (χ1) is 6.07. The number of hydrogen-bond acceptors (Lipinski definition) is 1. The van der Waals surface area contributed by atoms with Crippen LogP contribution in [0.5, 0.6) is 0 Å². The van der Waals surface area contributed by atoms with Crippen LogP contribution in [0.25, 0.3) is 0 Å². The van der Waals surface area contributed by atoms with E-state index in [1.54, 1.807) is 6.92 Å². The fourth-order valence-corrected chi connectivity index (χ4v) is 2.48. The van der Waals surface area contributed by atoms with Gasteiger partial charge in [0.25, 0.3) is 6.43 Å². The molecule has 0 bridgehead atoms. The van der Waals surface area contributed by atoms with Gasteiger partial charge >= 0.3 is 0 Å². The van der Waals surface area contributed by atoms with E-state index in [1.807, 2.05) is 0 Å². The Morgan fingerprint density at radius 2 is 2.15 bits per heavy atom. The average Bonchev–Trinajstić information content (AvgIpc) is 2.07. The lowest BCUT2D eigenvalue weighted by molar-refractivity contribution is 0.149. The molecule has 0 saturated heterocycles. The Balaban J connectivity index is 3.35. The molecule has 0 spiro atoms. The summed E-state index contributed by atoms with van der Waals surface area (Å²) in [6, 6.07) is 0. The Morgan fingerprint density at radius 3 is 2.54 bits per heavy atom. The molecule has 1 aromatic rings. The van der Waals surface area contributed by atoms with Crippen molar-refractivity contribution in [3.63, 3.8) is 0 Å². The molecule has 0 amide bonds. The predicted molar refractivity (Wildman–Crippen MR) is 54.3 cm³/mol. The van der Waals surface area contributed by atoms with Crippen molar-refractivity contribution in [2.75, 3.05) is 0 Å². The molecule has 0 radical (unpaired) electrons. The minimum Gasteiger partial charge on any atom is -0.249 e. The summed E-state index contributed by atoms with van der Waals surface area (Å²) in [6.45, 7) is 1.63. The molecule has 1 heterocycles. The summed E-state index contributed by atoms with van der Waals surface area (Å²) in [5.74, 6) is 0. The first kappa shape index (κ1) is 11.0. The van der Waals surface area contributed by atoms with Gasteiger partial charge in [0.2, 0.25) is 0 Å². The van der Waals surface area contributed by atoms with Crippen molar-refractivity contribution in [1.29, 1.82) is 0 Å². The Hall–Kier alpha value is -0.0300. The van der Waals surface area contributed by atoms with Crippen LogP contribution in [0.3, 0.4) is 0 Å². The molecular weight excluding hydrogens is 308 g/mol. The standard InChI is InChI=1S/C8H7Br2F2N/c1-4-3-13-7(10)5(2-9)6(4)8(11)12/h3,8H,2H2,1H3. The van der Waals surface area contributed by atoms with Crippen LogP contribution in [-0.4, -0.2) is 4.98 Å². The number of nitrogens with zero attached hydrogens (tertiary/aromatic N) is 1. The average molecular weight is 315 g/mol. The summed E-state index contributed by atoms with van der Waals surface area (Å²) in [5.41, 5.74) is 1.11. The van der Waals surface area contributed by atoms with Crippen molar-refractivity contribution in [2.45, 2.75) is 18.7 Å². The lowest BCUT2D eigenvalue weighted by atomic mass is 10.1. The van der Waals surface area contributed by atoms with E-state index in [0.717, 1.165) is 0 Å². The quantitative estimate of drug-likeness (QED) is 0.594. The smallest absolute Gasteiger partial charge is 0.249 e. The maximum Gasteiger partial charge on any atom is 0.264 e. The zero-order valence-electron chi connectivity index (χ0n) is 6.82. The molecular formula is C8H7Br2F2N. The molecule has 0 unspecified atom stereocenters. The van der Waals surface area contributed by atoms with Crippen LogP contribution in [0.1, 0.15) is 23.1 Å². The third kappa shape index (κ3) is 2.26. The second kappa shape index (κ2) is 4.46. The molecule has 0 aromatic carbocycles. The Labute approximate surface area is 91.8 Å². The van der Waals surface area contributed by atoms with Gasteiger partial charge in [0.15, 0.2) is 0 Å². The van der Waals surface area contributed by atoms with Crippen molar-refractivity contribution in [2.24, 2.45) is 0 Å². The number of halogens is 4. The van der Waals surface area contributed by atoms with E-state index in [9.17, 15) is 8.78 Å². The van der Waals surface area contributed by atoms with Gasteiger partial charge in [0.1, 0.15) is 4.60 Å². The number of aryl methyl sites for hydroxylation is 1. The van der Waals surface area contributed by atoms with Gasteiger partial charge in [-0.1, -0.05) is 15.9 Å². The van der Waals surface area contributed by atoms with Gasteiger partial charge in [-0.05, 0) is 28.4 Å². The Kier molecular flexibility index (Phi) is 3.79. The second-order valence-electron chi connectivity index (χ2n) is 2.56. The van der Waals surface area contributed by atoms with Crippen molar-refractivity contribution < 1.29 is 8.78 Å². The summed E-state index contributed by atoms with van der Waals surface area (Å²) in [6.07, 6.45) is -1.01. The first-order valence-electron chi connectivity index (χ1n) is 3.56. The molecule has 1 aromatic heterocycles. The van der Waals surface area contributed by atoms with E-state index in [2.05, 4.69) is 36.8 Å². The minimum absolute atomic E-state index is 0.0683. The number of aromatic nitrogens is 1. The van der Waals surface area contributed by atoms with Gasteiger partial charge in [-0.2, -0.15) is 0 Å². The number of hydrogen-bond donors (Lipinski definition) is 0. The van der Waals surface area contributed by atoms with E-state index in [0.29, 0.717) is 21.1 Å². The van der Waals surface area contributed by atoms with Crippen LogP contribution in [0, 0.1) is 6.92 Å². The Morgan fingerprint density at radius 1 is 1.54 bits per heavy atom. The van der Waals surface area contributed by atoms with Crippen molar-refractivity contribution in [3.8, 4) is 0 Å². The molecule has 5 heteroatoms. The van der Waals surface area contributed by atoms with Crippen LogP contribution < -0.4 is 0 Å². The van der Waals surface area contributed by atoms with E-state index < -0.39 is 6.43 Å². The zero-order chi connectivity index (χ0) is 10.0. The van der Waals surface area contributed by atoms with Crippen molar-refractivity contribution in [3.05, 3.63) is 27.5 Å². The lowest BCUT2D eigenvalue weighted by Crippen LogP contribution is -1.99. The fraction of sp³-hybridized carbons (Fsp3) is 0.375. The highest BCUT2D eigenvalue weighted by Gasteiger charge is 2.17. The summed E-state index contributed by atoms with van der Waals surface area (Å²) in [5, 5.41) is 0.377. The third-order valence-corrected chi connectivity index (χ3v) is 2.97. The highest BCUT2D eigenvalue weighted by molar-refractivity contribution is 9.10. The number of alkyl halides is 3. The minimum atomic E-state index is -2.45. The molecule has 0 N–H and O–H groups in total. The highest BCUT2D eigenvalue weighted by Crippen LogP contribution is 2.31. The van der Waals surface area contributed by atoms with Crippen LogP contribution in [0.4, 0.5) is 8.78 Å². The second-order valence-corrected chi connectivity index (χ2v) is 3.87. The van der Waals surface area contributed by atoms with E-state index in [-0.39, 0.29) is 5.56 Å². The molecule has 0 aliphatic heterocycles. The molecule has 0 saturated carbocycles. The number of pyridine rings is 1. The topological polar surface area (TPSA) is 12.9 Å². The van der Waals surface area contributed by atoms with E-state index in [1.165, 1.54) is 6.20 Å². The largest absolute Gasteiger partial charge is 0.264 e. The maximum absolute atomic E-state index is 12.6. The van der Waals surface area contributed by atoms with Gasteiger partial charge in [-0.3, -0.25) is 0 Å². The normalized spacial score (nSPS) is 10.9. The third-order valence-electron chi connectivity index (χ3n) is 1.72. The highest BCUT2D eigenvalue weighted by atomic mass is 79.9. The van der Waals surface area contributed by atoms with Crippen LogP contribution in [-0.2, 0) is 5.33 Å². The zero-order valence-corrected chi connectivity index (χ0v) is 9.99. The van der Waals surface area contributed by atoms with Crippen molar-refractivity contribution >= 4 is 31.9 Å². The number of rotatable bonds is 2. The summed E-state index contributed by atoms with van der Waals surface area (Å²) < 4.78 is 25.6. The van der Waals surface area contributed by atoms with Crippen molar-refractivity contribution in [1.82, 2.24) is 4.98 Å². The Bertz CT molecular complexity index is 315. The van der Waals surface area contributed by atoms with Crippen LogP contribution >= 0.6 is 31.9 Å². The van der Waals surface area contributed by atoms with Gasteiger partial charge in [0, 0.05) is 22.7 Å². The molecule has 13 heavy (non-hydrogen) atoms. The molecule has 72 valence electrons. The monoisotopic (exact) mass is 313 g/mol. The van der Waals surface area contributed by atoms with Gasteiger partial charge in [0.05, 0.1) is 0 Å². The maximum atomic E-state index is 12.6. The van der Waals surface area contributed by atoms with E-state index in [4.69, 9.17) is 0 Å². The first-order valence-corrected chi connectivity index (χ1v) is 5.47. The molecule has 0 fully saturated rings. The van der Waals surface area contributed by atoms with E-state index >= 15 is 0 Å². The fourth-order valence-electron chi connectivity index (χ4n) is 1.08. The van der Waals surface area contributed by atoms with Gasteiger partial charge in [-0.25, -0.2) is 13.8 Å². The summed E-state index contributed by atoms with van der Waals surface area (Å²) in [4.78, 5) is 3.95. The van der Waals surface area contributed by atoms with Crippen LogP contribution in [0.15, 0.2) is 10.8 Å². The predicted octanol–water partition coefficient (Wildman–Crippen LogP) is 3.99. The molecule has 0 aliphatic rings. The van der Waals surface area contributed by atoms with Crippen LogP contribution in [0.2, 0.25) is 0 Å². The van der Waals surface area contributed by atoms with Gasteiger partial charge < -0.3 is 0 Å². The lowest BCUT2D eigenvalue weighted by Gasteiger charge is -2.10. The summed E-state index contributed by atoms with van der Waals surface area (Å²) >= 11 is 6.29. The molecule has 0 atom stereocenters. The molecule has 0 aliphatic carbocycles. The van der Waals surface area contributed by atoms with Gasteiger partial charge in [-0.15, -0.1) is 0 Å².